The number of ether oxygens (including phenoxy) is 2. The summed E-state index contributed by atoms with van der Waals surface area (Å²) < 4.78 is 27.0. The van der Waals surface area contributed by atoms with Crippen LogP contribution in [0.5, 0.6) is 11.5 Å². The van der Waals surface area contributed by atoms with Crippen molar-refractivity contribution in [1.29, 1.82) is 0 Å². The van der Waals surface area contributed by atoms with Crippen molar-refractivity contribution in [1.82, 2.24) is 14.9 Å². The molecule has 1 fully saturated rings. The van der Waals surface area contributed by atoms with Gasteiger partial charge in [0, 0.05) is 22.7 Å². The summed E-state index contributed by atoms with van der Waals surface area (Å²) in [6.07, 6.45) is 3.62. The van der Waals surface area contributed by atoms with E-state index < -0.39 is 5.82 Å². The average molecular weight is 566 g/mol. The van der Waals surface area contributed by atoms with Gasteiger partial charge in [0.25, 0.3) is 5.91 Å². The van der Waals surface area contributed by atoms with Gasteiger partial charge in [-0.05, 0) is 86.1 Å². The van der Waals surface area contributed by atoms with Gasteiger partial charge in [-0.25, -0.2) is 14.4 Å². The highest BCUT2D eigenvalue weighted by Gasteiger charge is 2.19. The van der Waals surface area contributed by atoms with Crippen LogP contribution in [0.2, 0.25) is 0 Å². The minimum atomic E-state index is -0.539. The third kappa shape index (κ3) is 5.96. The molecule has 0 saturated carbocycles. The van der Waals surface area contributed by atoms with Gasteiger partial charge < -0.3 is 25.0 Å². The molecule has 2 N–H and O–H groups in total. The predicted molar refractivity (Wildman–Crippen MR) is 163 cm³/mol. The lowest BCUT2D eigenvalue weighted by atomic mass is 9.98. The summed E-state index contributed by atoms with van der Waals surface area (Å²) in [7, 11) is 3.73. The quantitative estimate of drug-likeness (QED) is 0.218. The van der Waals surface area contributed by atoms with Crippen molar-refractivity contribution >= 4 is 44.8 Å². The molecule has 0 bridgehead atoms. The van der Waals surface area contributed by atoms with Crippen LogP contribution in [0.4, 0.5) is 21.6 Å². The lowest BCUT2D eigenvalue weighted by Gasteiger charge is -2.28. The number of hydrogen-bond donors (Lipinski definition) is 2. The monoisotopic (exact) mass is 565 g/mol. The maximum absolute atomic E-state index is 15.2. The zero-order valence-corrected chi connectivity index (χ0v) is 23.6. The zero-order valence-electron chi connectivity index (χ0n) is 23.6. The average Bonchev–Trinajstić information content (AvgIpc) is 3.01. The van der Waals surface area contributed by atoms with E-state index >= 15 is 4.39 Å². The molecule has 214 valence electrons. The largest absolute Gasteiger partial charge is 0.493 e. The number of amides is 1. The Balaban J connectivity index is 1.17. The molecule has 9 heteroatoms. The molecule has 1 aromatic heterocycles. The number of likely N-dealkylation sites (tertiary alicyclic amines) is 1. The van der Waals surface area contributed by atoms with E-state index in [-0.39, 0.29) is 11.6 Å². The van der Waals surface area contributed by atoms with E-state index in [4.69, 9.17) is 9.47 Å². The Morgan fingerprint density at radius 1 is 0.976 bits per heavy atom. The molecule has 0 aliphatic carbocycles. The second-order valence-corrected chi connectivity index (χ2v) is 10.6. The summed E-state index contributed by atoms with van der Waals surface area (Å²) in [5.41, 5.74) is 1.69. The van der Waals surface area contributed by atoms with E-state index in [1.54, 1.807) is 31.4 Å². The minimum Gasteiger partial charge on any atom is -0.493 e. The van der Waals surface area contributed by atoms with E-state index in [1.807, 2.05) is 42.5 Å². The van der Waals surface area contributed by atoms with Crippen molar-refractivity contribution in [3.8, 4) is 11.5 Å². The smallest absolute Gasteiger partial charge is 0.255 e. The van der Waals surface area contributed by atoms with Crippen molar-refractivity contribution < 1.29 is 18.7 Å². The number of hydrogen-bond acceptors (Lipinski definition) is 7. The Kier molecular flexibility index (Phi) is 7.83. The first-order valence-corrected chi connectivity index (χ1v) is 14.0. The molecule has 0 atom stereocenters. The highest BCUT2D eigenvalue weighted by molar-refractivity contribution is 6.06. The number of anilines is 3. The number of carbonyl (C=O) groups is 1. The summed E-state index contributed by atoms with van der Waals surface area (Å²) in [4.78, 5) is 23.9. The van der Waals surface area contributed by atoms with Gasteiger partial charge in [-0.15, -0.1) is 0 Å². The first-order chi connectivity index (χ1) is 20.5. The van der Waals surface area contributed by atoms with Gasteiger partial charge in [0.05, 0.1) is 24.9 Å². The Bertz CT molecular complexity index is 1750. The standard InChI is InChI=1S/C33H32FN5O3/c1-39-13-11-21(12-14-39)19-42-31-18-29-26(17-30(31)41-2)32(36-20-35-29)38-28-10-9-25(16-27(28)34)37-33(40)24-8-7-22-5-3-4-6-23(22)15-24/h3-10,15-18,20-21H,11-14,19H2,1-2H3,(H,37,40)(H,35,36,38). The van der Waals surface area contributed by atoms with Crippen molar-refractivity contribution in [2.45, 2.75) is 12.8 Å². The fourth-order valence-electron chi connectivity index (χ4n) is 5.23. The maximum Gasteiger partial charge on any atom is 0.255 e. The fourth-order valence-corrected chi connectivity index (χ4v) is 5.23. The van der Waals surface area contributed by atoms with Gasteiger partial charge in [-0.3, -0.25) is 4.79 Å². The van der Waals surface area contributed by atoms with Crippen LogP contribution >= 0.6 is 0 Å². The van der Waals surface area contributed by atoms with Crippen molar-refractivity contribution in [2.75, 3.05) is 44.5 Å². The molecular weight excluding hydrogens is 533 g/mol. The summed E-state index contributed by atoms with van der Waals surface area (Å²) in [5.74, 6) is 1.23. The van der Waals surface area contributed by atoms with Gasteiger partial charge in [-0.2, -0.15) is 0 Å². The Morgan fingerprint density at radius 3 is 2.57 bits per heavy atom. The molecule has 0 unspecified atom stereocenters. The number of aromatic nitrogens is 2. The second kappa shape index (κ2) is 12.0. The molecule has 6 rings (SSSR count). The van der Waals surface area contributed by atoms with E-state index in [0.29, 0.717) is 52.0 Å². The zero-order chi connectivity index (χ0) is 29.1. The first-order valence-electron chi connectivity index (χ1n) is 14.0. The minimum absolute atomic E-state index is 0.209. The topological polar surface area (TPSA) is 88.6 Å². The molecular formula is C33H32FN5O3. The predicted octanol–water partition coefficient (Wildman–Crippen LogP) is 6.65. The van der Waals surface area contributed by atoms with Crippen LogP contribution in [-0.4, -0.2) is 54.6 Å². The highest BCUT2D eigenvalue weighted by Crippen LogP contribution is 2.36. The van der Waals surface area contributed by atoms with Gasteiger partial charge in [0.1, 0.15) is 18.0 Å². The first kappa shape index (κ1) is 27.4. The molecule has 2 heterocycles. The highest BCUT2D eigenvalue weighted by atomic mass is 19.1. The second-order valence-electron chi connectivity index (χ2n) is 10.6. The van der Waals surface area contributed by atoms with Crippen molar-refractivity contribution in [3.63, 3.8) is 0 Å². The SMILES string of the molecule is COc1cc2c(Nc3ccc(NC(=O)c4ccc5ccccc5c4)cc3F)ncnc2cc1OCC1CCN(C)CC1. The van der Waals surface area contributed by atoms with Crippen LogP contribution in [-0.2, 0) is 0 Å². The van der Waals surface area contributed by atoms with Gasteiger partial charge in [-0.1, -0.05) is 30.3 Å². The van der Waals surface area contributed by atoms with Crippen LogP contribution in [0, 0.1) is 11.7 Å². The summed E-state index contributed by atoms with van der Waals surface area (Å²) in [5, 5.41) is 8.51. The van der Waals surface area contributed by atoms with Crippen LogP contribution in [0.1, 0.15) is 23.2 Å². The summed E-state index contributed by atoms with van der Waals surface area (Å²) in [6, 6.07) is 21.4. The molecule has 1 aliphatic rings. The van der Waals surface area contributed by atoms with Crippen LogP contribution in [0.3, 0.4) is 0 Å². The Morgan fingerprint density at radius 2 is 1.79 bits per heavy atom. The number of rotatable bonds is 8. The van der Waals surface area contributed by atoms with Crippen molar-refractivity contribution in [2.24, 2.45) is 5.92 Å². The number of methoxy groups -OCH3 is 1. The number of nitrogens with zero attached hydrogens (tertiary/aromatic N) is 3. The number of halogens is 1. The summed E-state index contributed by atoms with van der Waals surface area (Å²) >= 11 is 0. The van der Waals surface area contributed by atoms with Crippen molar-refractivity contribution in [3.05, 3.63) is 90.5 Å². The summed E-state index contributed by atoms with van der Waals surface area (Å²) in [6.45, 7) is 2.75. The molecule has 5 aromatic rings. The number of nitrogens with one attached hydrogen (secondary N) is 2. The third-order valence-electron chi connectivity index (χ3n) is 7.73. The molecule has 1 saturated heterocycles. The molecule has 4 aromatic carbocycles. The van der Waals surface area contributed by atoms with Gasteiger partial charge >= 0.3 is 0 Å². The number of carbonyl (C=O) groups excluding carboxylic acids is 1. The molecule has 8 nitrogen and oxygen atoms in total. The maximum atomic E-state index is 15.2. The number of piperidine rings is 1. The third-order valence-corrected chi connectivity index (χ3v) is 7.73. The Labute approximate surface area is 243 Å². The normalized spacial score (nSPS) is 14.2. The van der Waals surface area contributed by atoms with Gasteiger partial charge in [0.2, 0.25) is 0 Å². The van der Waals surface area contributed by atoms with Gasteiger partial charge in [0.15, 0.2) is 11.5 Å². The Hall–Kier alpha value is -4.76. The van der Waals surface area contributed by atoms with Crippen LogP contribution in [0.15, 0.2) is 79.1 Å². The number of benzene rings is 4. The fraction of sp³-hybridized carbons (Fsp3) is 0.242. The van der Waals surface area contributed by atoms with E-state index in [1.165, 1.54) is 12.4 Å². The molecule has 0 radical (unpaired) electrons. The molecule has 42 heavy (non-hydrogen) atoms. The van der Waals surface area contributed by atoms with Crippen LogP contribution < -0.4 is 20.1 Å². The van der Waals surface area contributed by atoms with E-state index in [9.17, 15) is 4.79 Å². The van der Waals surface area contributed by atoms with E-state index in [0.717, 1.165) is 36.7 Å². The lowest BCUT2D eigenvalue weighted by Crippen LogP contribution is -2.32. The lowest BCUT2D eigenvalue weighted by molar-refractivity contribution is 0.102. The number of fused-ring (bicyclic) bond motifs is 2. The molecule has 1 amide bonds. The molecule has 0 spiro atoms. The van der Waals surface area contributed by atoms with Crippen LogP contribution in [0.25, 0.3) is 21.7 Å². The molecule has 1 aliphatic heterocycles. The van der Waals surface area contributed by atoms with E-state index in [2.05, 4.69) is 32.5 Å².